The van der Waals surface area contributed by atoms with Crippen LogP contribution in [0.3, 0.4) is 0 Å². The van der Waals surface area contributed by atoms with Crippen molar-refractivity contribution in [2.24, 2.45) is 11.8 Å². The molecule has 1 saturated carbocycles. The minimum absolute atomic E-state index is 0.248. The van der Waals surface area contributed by atoms with E-state index in [0.717, 1.165) is 71.5 Å². The Kier molecular flexibility index (Phi) is 8.76. The van der Waals surface area contributed by atoms with Gasteiger partial charge < -0.3 is 4.42 Å². The van der Waals surface area contributed by atoms with Crippen LogP contribution < -0.4 is 14.3 Å². The van der Waals surface area contributed by atoms with Gasteiger partial charge in [0.15, 0.2) is 29.7 Å². The lowest BCUT2D eigenvalue weighted by molar-refractivity contribution is -0.719. The first-order valence-electron chi connectivity index (χ1n) is 20.3. The van der Waals surface area contributed by atoms with Gasteiger partial charge in [0.05, 0.1) is 25.8 Å². The Morgan fingerprint density at radius 2 is 1.66 bits per heavy atom. The van der Waals surface area contributed by atoms with Gasteiger partial charge in [-0.05, 0) is 85.1 Å². The van der Waals surface area contributed by atoms with E-state index < -0.39 is 8.07 Å². The van der Waals surface area contributed by atoms with Crippen molar-refractivity contribution in [3.8, 4) is 22.5 Å². The molecule has 3 aliphatic rings. The number of allylic oxidation sites excluding steroid dienone is 1. The largest absolute Gasteiger partial charge is 0.454 e. The highest BCUT2D eigenvalue weighted by atomic mass is 28.3. The van der Waals surface area contributed by atoms with Gasteiger partial charge in [-0.15, -0.1) is 0 Å². The van der Waals surface area contributed by atoms with Crippen LogP contribution in [0.4, 0.5) is 0 Å². The van der Waals surface area contributed by atoms with Crippen molar-refractivity contribution in [1.82, 2.24) is 4.98 Å². The lowest BCUT2D eigenvalue weighted by Crippen LogP contribution is -2.54. The van der Waals surface area contributed by atoms with Gasteiger partial charge in [0.2, 0.25) is 11.4 Å². The lowest BCUT2D eigenvalue weighted by atomic mass is 9.77. The Morgan fingerprint density at radius 3 is 2.47 bits per heavy atom. The molecular weight excluding hydrogens is 663 g/mol. The second-order valence-electron chi connectivity index (χ2n) is 17.8. The highest BCUT2D eigenvalue weighted by Gasteiger charge is 2.44. The van der Waals surface area contributed by atoms with Gasteiger partial charge in [-0.2, -0.15) is 9.13 Å². The average Bonchev–Trinajstić information content (AvgIpc) is 3.51. The van der Waals surface area contributed by atoms with Crippen molar-refractivity contribution in [2.75, 3.05) is 0 Å². The summed E-state index contributed by atoms with van der Waals surface area (Å²) in [6.45, 7) is 17.2. The Bertz CT molecular complexity index is 2370. The molecule has 0 N–H and O–H groups in total. The summed E-state index contributed by atoms with van der Waals surface area (Å²) in [4.78, 5) is 5.53. The number of hydrogen-bond donors (Lipinski definition) is 0. The summed E-state index contributed by atoms with van der Waals surface area (Å²) in [7, 11) is -1.65. The van der Waals surface area contributed by atoms with E-state index in [2.05, 4.69) is 128 Å². The fraction of sp³-hybridized carbons (Fsp3) is 0.396. The first-order chi connectivity index (χ1) is 25.6. The van der Waals surface area contributed by atoms with Crippen molar-refractivity contribution in [2.45, 2.75) is 110 Å². The van der Waals surface area contributed by atoms with E-state index in [4.69, 9.17) is 16.0 Å². The van der Waals surface area contributed by atoms with Gasteiger partial charge >= 0.3 is 0 Å². The third-order valence-corrected chi connectivity index (χ3v) is 14.6. The van der Waals surface area contributed by atoms with Crippen molar-refractivity contribution in [3.05, 3.63) is 114 Å². The van der Waals surface area contributed by atoms with E-state index in [1.54, 1.807) is 5.19 Å². The SMILES string of the molecule is C=C1CC2C(CCc3nc4c(cc3-c3cc(CC5CCCCC5)cc[n+]31)oc1ccccc14)c1ccccc1-c1cc(CC(C)C)c([Si](C)(C)C)c[n+]12. The molecule has 9 rings (SSSR count). The van der Waals surface area contributed by atoms with Gasteiger partial charge in [-0.1, -0.05) is 95.9 Å². The summed E-state index contributed by atoms with van der Waals surface area (Å²) in [6.07, 6.45) is 16.7. The predicted octanol–water partition coefficient (Wildman–Crippen LogP) is 10.9. The summed E-state index contributed by atoms with van der Waals surface area (Å²) < 4.78 is 11.6. The molecule has 4 aromatic heterocycles. The zero-order valence-corrected chi connectivity index (χ0v) is 33.4. The smallest absolute Gasteiger partial charge is 0.220 e. The van der Waals surface area contributed by atoms with E-state index in [-0.39, 0.29) is 6.04 Å². The molecule has 0 radical (unpaired) electrons. The van der Waals surface area contributed by atoms with E-state index in [1.165, 1.54) is 71.3 Å². The Balaban J connectivity index is 1.24. The number of hydrogen-bond acceptors (Lipinski definition) is 2. The molecule has 5 heteroatoms. The standard InChI is InChI=1S/C48H55N3OSi/c1-31(2)24-35-28-44-37-17-11-10-16-36(37)38-20-21-41-40(29-46-48(49-41)39-18-12-13-19-45(39)52-46)43-27-34(26-33-14-8-7-9-15-33)22-23-50(43)32(3)25-42(38)51(44)30-47(35)53(4,5)6/h10-13,16-19,22-23,27-31,33,38,42H,3,7-9,14-15,20-21,24-26H2,1-2,4-6H3/q+2. The normalized spacial score (nSPS) is 19.1. The monoisotopic (exact) mass is 717 g/mol. The number of para-hydroxylation sites is 1. The van der Waals surface area contributed by atoms with Gasteiger partial charge in [0.1, 0.15) is 11.1 Å². The maximum atomic E-state index is 6.49. The van der Waals surface area contributed by atoms with Crippen LogP contribution in [0.2, 0.25) is 19.6 Å². The van der Waals surface area contributed by atoms with Crippen molar-refractivity contribution in [3.63, 3.8) is 0 Å². The zero-order chi connectivity index (χ0) is 36.4. The summed E-state index contributed by atoms with van der Waals surface area (Å²) >= 11 is 0. The fourth-order valence-electron chi connectivity index (χ4n) is 10.0. The molecule has 1 fully saturated rings. The summed E-state index contributed by atoms with van der Waals surface area (Å²) in [5.41, 5.74) is 14.6. The topological polar surface area (TPSA) is 33.8 Å². The molecule has 0 spiro atoms. The molecule has 270 valence electrons. The molecule has 0 amide bonds. The third kappa shape index (κ3) is 6.29. The highest BCUT2D eigenvalue weighted by molar-refractivity contribution is 6.89. The number of fused-ring (bicyclic) bond motifs is 12. The van der Waals surface area contributed by atoms with Crippen LogP contribution in [0.25, 0.3) is 50.3 Å². The van der Waals surface area contributed by atoms with Gasteiger partial charge in [0, 0.05) is 40.3 Å². The molecule has 1 aliphatic carbocycles. The Hall–Kier alpha value is -4.35. The molecule has 6 aromatic rings. The number of aromatic nitrogens is 3. The maximum Gasteiger partial charge on any atom is 0.220 e. The molecular formula is C48H55N3OSi+2. The molecule has 6 heterocycles. The van der Waals surface area contributed by atoms with Crippen molar-refractivity contribution < 1.29 is 13.6 Å². The van der Waals surface area contributed by atoms with Crippen LogP contribution in [-0.4, -0.2) is 13.1 Å². The molecule has 0 bridgehead atoms. The molecule has 53 heavy (non-hydrogen) atoms. The van der Waals surface area contributed by atoms with Crippen LogP contribution in [0, 0.1) is 11.8 Å². The van der Waals surface area contributed by atoms with Crippen molar-refractivity contribution >= 4 is 41.0 Å². The first kappa shape index (κ1) is 34.4. The quantitative estimate of drug-likeness (QED) is 0.131. The first-order valence-corrected chi connectivity index (χ1v) is 23.8. The van der Waals surface area contributed by atoms with Crippen molar-refractivity contribution in [1.29, 1.82) is 0 Å². The number of nitrogens with zero attached hydrogens (tertiary/aromatic N) is 3. The molecule has 0 saturated heterocycles. The van der Waals surface area contributed by atoms with E-state index in [0.29, 0.717) is 11.8 Å². The molecule has 2 atom stereocenters. The second-order valence-corrected chi connectivity index (χ2v) is 22.9. The van der Waals surface area contributed by atoms with Crippen LogP contribution in [0.15, 0.2) is 96.2 Å². The van der Waals surface area contributed by atoms with Crippen LogP contribution in [0.5, 0.6) is 0 Å². The lowest BCUT2D eigenvalue weighted by Gasteiger charge is -2.33. The number of furan rings is 1. The highest BCUT2D eigenvalue weighted by Crippen LogP contribution is 2.45. The van der Waals surface area contributed by atoms with Crippen LogP contribution >= 0.6 is 0 Å². The van der Waals surface area contributed by atoms with E-state index in [1.807, 2.05) is 0 Å². The molecule has 2 aromatic carbocycles. The minimum Gasteiger partial charge on any atom is -0.454 e. The van der Waals surface area contributed by atoms with Gasteiger partial charge in [0.25, 0.3) is 0 Å². The minimum atomic E-state index is -1.65. The fourth-order valence-corrected chi connectivity index (χ4v) is 11.7. The van der Waals surface area contributed by atoms with E-state index >= 15 is 0 Å². The number of benzene rings is 2. The maximum absolute atomic E-state index is 6.49. The molecule has 4 nitrogen and oxygen atoms in total. The van der Waals surface area contributed by atoms with Crippen LogP contribution in [0.1, 0.15) is 93.1 Å². The Labute approximate surface area is 316 Å². The number of aryl methyl sites for hydroxylation is 1. The van der Waals surface area contributed by atoms with E-state index in [9.17, 15) is 0 Å². The van der Waals surface area contributed by atoms with Gasteiger partial charge in [-0.3, -0.25) is 0 Å². The zero-order valence-electron chi connectivity index (χ0n) is 32.4. The second kappa shape index (κ2) is 13.5. The summed E-state index contributed by atoms with van der Waals surface area (Å²) in [5, 5.41) is 2.68. The molecule has 2 aliphatic heterocycles. The number of pyridine rings is 3. The number of rotatable bonds is 5. The average molecular weight is 718 g/mol. The van der Waals surface area contributed by atoms with Gasteiger partial charge in [-0.25, -0.2) is 4.98 Å². The summed E-state index contributed by atoms with van der Waals surface area (Å²) in [5.74, 6) is 1.70. The van der Waals surface area contributed by atoms with Crippen LogP contribution in [-0.2, 0) is 19.3 Å². The Morgan fingerprint density at radius 1 is 0.868 bits per heavy atom. The third-order valence-electron chi connectivity index (χ3n) is 12.5. The molecule has 2 unspecified atom stereocenters. The summed E-state index contributed by atoms with van der Waals surface area (Å²) in [6, 6.07) is 27.5. The predicted molar refractivity (Wildman–Crippen MR) is 221 cm³/mol.